The minimum absolute atomic E-state index is 0.00365. The van der Waals surface area contributed by atoms with E-state index in [9.17, 15) is 26.8 Å². The van der Waals surface area contributed by atoms with E-state index in [0.29, 0.717) is 35.7 Å². The summed E-state index contributed by atoms with van der Waals surface area (Å²) in [7, 11) is -3.22. The third kappa shape index (κ3) is 5.75. The van der Waals surface area contributed by atoms with Crippen LogP contribution >= 0.6 is 0 Å². The van der Waals surface area contributed by atoms with E-state index in [1.165, 1.54) is 41.1 Å². The van der Waals surface area contributed by atoms with Gasteiger partial charge in [-0.1, -0.05) is 0 Å². The molecule has 4 aromatic rings. The number of pyridine rings is 2. The van der Waals surface area contributed by atoms with Gasteiger partial charge in [0.1, 0.15) is 34.0 Å². The van der Waals surface area contributed by atoms with Crippen LogP contribution in [0.15, 0.2) is 64.7 Å². The monoisotopic (exact) mass is 587 g/mol. The first-order chi connectivity index (χ1) is 19.6. The van der Waals surface area contributed by atoms with E-state index in [-0.39, 0.29) is 36.5 Å². The fourth-order valence-corrected chi connectivity index (χ4v) is 5.50. The number of halogens is 2. The van der Waals surface area contributed by atoms with Crippen molar-refractivity contribution in [3.05, 3.63) is 77.0 Å². The summed E-state index contributed by atoms with van der Waals surface area (Å²) >= 11 is 0. The number of hydrogen-bond donors (Lipinski definition) is 2. The Balaban J connectivity index is 1.45. The number of carbonyl (C=O) groups is 1. The number of rotatable bonds is 7. The number of ether oxygens (including phenoxy) is 2. The number of likely N-dealkylation sites (tertiary alicyclic amines) is 1. The van der Waals surface area contributed by atoms with Gasteiger partial charge in [0, 0.05) is 55.5 Å². The molecule has 0 unspecified atom stereocenters. The zero-order valence-corrected chi connectivity index (χ0v) is 22.3. The van der Waals surface area contributed by atoms with Crippen molar-refractivity contribution in [3.63, 3.8) is 0 Å². The van der Waals surface area contributed by atoms with Gasteiger partial charge < -0.3 is 19.5 Å². The molecule has 5 rings (SSSR count). The predicted molar refractivity (Wildman–Crippen MR) is 142 cm³/mol. The highest BCUT2D eigenvalue weighted by molar-refractivity contribution is 7.92. The van der Waals surface area contributed by atoms with Gasteiger partial charge in [0.25, 0.3) is 15.6 Å². The fraction of sp³-hybridized carbons (Fsp3) is 0.231. The smallest absolute Gasteiger partial charge is 0.407 e. The highest BCUT2D eigenvalue weighted by atomic mass is 32.2. The number of aromatic nitrogens is 3. The quantitative estimate of drug-likeness (QED) is 0.331. The van der Waals surface area contributed by atoms with E-state index in [1.807, 2.05) is 0 Å². The van der Waals surface area contributed by atoms with Gasteiger partial charge in [-0.15, -0.1) is 0 Å². The molecule has 1 aliphatic rings. The minimum Gasteiger partial charge on any atom is -0.483 e. The van der Waals surface area contributed by atoms with Crippen molar-refractivity contribution in [2.75, 3.05) is 24.9 Å². The molecule has 0 atom stereocenters. The van der Waals surface area contributed by atoms with Crippen molar-refractivity contribution in [3.8, 4) is 22.8 Å². The van der Waals surface area contributed by atoms with Gasteiger partial charge >= 0.3 is 6.09 Å². The molecule has 4 heterocycles. The van der Waals surface area contributed by atoms with E-state index in [4.69, 9.17) is 14.6 Å². The maximum absolute atomic E-state index is 14.2. The zero-order chi connectivity index (χ0) is 29.3. The normalized spacial score (nSPS) is 14.2. The lowest BCUT2D eigenvalue weighted by Crippen LogP contribution is -2.41. The van der Waals surface area contributed by atoms with E-state index >= 15 is 0 Å². The Morgan fingerprint density at radius 3 is 2.51 bits per heavy atom. The van der Waals surface area contributed by atoms with Gasteiger partial charge in [-0.05, 0) is 30.3 Å². The second kappa shape index (κ2) is 11.0. The van der Waals surface area contributed by atoms with Crippen LogP contribution in [-0.4, -0.2) is 65.2 Å². The molecule has 0 radical (unpaired) electrons. The maximum atomic E-state index is 14.2. The van der Waals surface area contributed by atoms with Gasteiger partial charge in [-0.25, -0.2) is 32.0 Å². The molecule has 0 spiro atoms. The van der Waals surface area contributed by atoms with Gasteiger partial charge in [-0.3, -0.25) is 13.9 Å². The van der Waals surface area contributed by atoms with Crippen LogP contribution in [0.2, 0.25) is 0 Å². The number of carboxylic acid groups (broad SMARTS) is 1. The summed E-state index contributed by atoms with van der Waals surface area (Å²) in [5.74, 6) is -2.31. The van der Waals surface area contributed by atoms with Crippen LogP contribution in [0.3, 0.4) is 0 Å². The number of piperidine rings is 1. The summed E-state index contributed by atoms with van der Waals surface area (Å²) in [6.45, 7) is 0.577. The summed E-state index contributed by atoms with van der Waals surface area (Å²) in [6.07, 6.45) is 3.68. The van der Waals surface area contributed by atoms with Crippen LogP contribution in [0.4, 0.5) is 19.3 Å². The first-order valence-electron chi connectivity index (χ1n) is 12.2. The third-order valence-corrected chi connectivity index (χ3v) is 7.88. The van der Waals surface area contributed by atoms with Crippen molar-refractivity contribution < 1.29 is 36.6 Å². The molecule has 1 aromatic carbocycles. The summed E-state index contributed by atoms with van der Waals surface area (Å²) in [6, 6.07) is 6.69. The predicted octanol–water partition coefficient (Wildman–Crippen LogP) is 3.37. The number of sulfonamides is 1. The van der Waals surface area contributed by atoms with Gasteiger partial charge in [0.05, 0.1) is 13.3 Å². The molecule has 41 heavy (non-hydrogen) atoms. The molecule has 214 valence electrons. The minimum atomic E-state index is -4.49. The number of amides is 1. The molecule has 15 heteroatoms. The number of hydrogen-bond acceptors (Lipinski definition) is 8. The van der Waals surface area contributed by atoms with E-state index in [0.717, 1.165) is 12.1 Å². The molecule has 0 saturated carbocycles. The number of methoxy groups -OCH3 is 1. The van der Waals surface area contributed by atoms with E-state index < -0.39 is 38.2 Å². The third-order valence-electron chi connectivity index (χ3n) is 6.48. The second-order valence-electron chi connectivity index (χ2n) is 9.12. The van der Waals surface area contributed by atoms with Crippen LogP contribution in [-0.2, 0) is 10.0 Å². The molecule has 0 aliphatic carbocycles. The van der Waals surface area contributed by atoms with Gasteiger partial charge in [0.2, 0.25) is 11.6 Å². The molecule has 1 aliphatic heterocycles. The standard InChI is InChI=1S/C26H23F2N5O7S/c1-39-24-20(31-41(37,38)22-4-3-17(27)11-19(22)28)10-16(12-30-24)15-2-5-23-29-13-21(25(34)33(23)14-15)40-18-6-8-32(9-7-18)26(35)36/h2-5,10-14,18,31H,6-9H2,1H3,(H,35,36). The summed E-state index contributed by atoms with van der Waals surface area (Å²) in [5, 5.41) is 9.12. The van der Waals surface area contributed by atoms with Crippen LogP contribution < -0.4 is 19.8 Å². The number of nitrogens with zero attached hydrogens (tertiary/aromatic N) is 4. The average Bonchev–Trinajstić information content (AvgIpc) is 2.94. The molecule has 0 bridgehead atoms. The van der Waals surface area contributed by atoms with Gasteiger partial charge in [-0.2, -0.15) is 0 Å². The molecule has 1 saturated heterocycles. The van der Waals surface area contributed by atoms with Crippen LogP contribution in [0.5, 0.6) is 11.6 Å². The SMILES string of the molecule is COc1ncc(-c2ccc3ncc(OC4CCN(C(=O)O)CC4)c(=O)n3c2)cc1NS(=O)(=O)c1ccc(F)cc1F. The Labute approximate surface area is 231 Å². The first-order valence-corrected chi connectivity index (χ1v) is 13.7. The Kier molecular flexibility index (Phi) is 7.45. The van der Waals surface area contributed by atoms with Crippen LogP contribution in [0, 0.1) is 11.6 Å². The molecule has 12 nitrogen and oxygen atoms in total. The number of benzene rings is 1. The maximum Gasteiger partial charge on any atom is 0.407 e. The molecular weight excluding hydrogens is 564 g/mol. The van der Waals surface area contributed by atoms with Crippen LogP contribution in [0.25, 0.3) is 16.8 Å². The first kappa shape index (κ1) is 27.8. The van der Waals surface area contributed by atoms with Crippen molar-refractivity contribution in [2.24, 2.45) is 0 Å². The van der Waals surface area contributed by atoms with Crippen molar-refractivity contribution in [1.29, 1.82) is 0 Å². The lowest BCUT2D eigenvalue weighted by atomic mass is 10.1. The highest BCUT2D eigenvalue weighted by Gasteiger charge is 2.25. The topological polar surface area (TPSA) is 152 Å². The Morgan fingerprint density at radius 1 is 1.07 bits per heavy atom. The van der Waals surface area contributed by atoms with Crippen molar-refractivity contribution in [2.45, 2.75) is 23.8 Å². The Bertz CT molecular complexity index is 1810. The average molecular weight is 588 g/mol. The molecule has 1 amide bonds. The van der Waals surface area contributed by atoms with Gasteiger partial charge in [0.15, 0.2) is 0 Å². The lowest BCUT2D eigenvalue weighted by molar-refractivity contribution is 0.0884. The largest absolute Gasteiger partial charge is 0.483 e. The highest BCUT2D eigenvalue weighted by Crippen LogP contribution is 2.31. The molecule has 1 fully saturated rings. The fourth-order valence-electron chi connectivity index (χ4n) is 4.39. The number of anilines is 1. The molecule has 3 aromatic heterocycles. The second-order valence-corrected chi connectivity index (χ2v) is 10.8. The summed E-state index contributed by atoms with van der Waals surface area (Å²) in [5.41, 5.74) is 0.540. The molecule has 2 N–H and O–H groups in total. The number of fused-ring (bicyclic) bond motifs is 1. The van der Waals surface area contributed by atoms with E-state index in [1.54, 1.807) is 12.1 Å². The Morgan fingerprint density at radius 2 is 1.83 bits per heavy atom. The Hall–Kier alpha value is -4.79. The molecular formula is C26H23F2N5O7S. The van der Waals surface area contributed by atoms with Crippen molar-refractivity contribution >= 4 is 27.5 Å². The van der Waals surface area contributed by atoms with E-state index in [2.05, 4.69) is 14.7 Å². The summed E-state index contributed by atoms with van der Waals surface area (Å²) < 4.78 is 67.7. The van der Waals surface area contributed by atoms with Crippen LogP contribution in [0.1, 0.15) is 12.8 Å². The van der Waals surface area contributed by atoms with Crippen molar-refractivity contribution in [1.82, 2.24) is 19.3 Å². The number of nitrogens with one attached hydrogen (secondary N) is 1. The summed E-state index contributed by atoms with van der Waals surface area (Å²) in [4.78, 5) is 33.3. The lowest BCUT2D eigenvalue weighted by Gasteiger charge is -2.29. The zero-order valence-electron chi connectivity index (χ0n) is 21.5.